The number of ketones is 1. The van der Waals surface area contributed by atoms with Gasteiger partial charge in [0.1, 0.15) is 0 Å². The molecule has 0 fully saturated rings. The number of Topliss-reactive ketones (excluding diaryl/α,β-unsaturated/α-hetero) is 1. The monoisotopic (exact) mass is 429 g/mol. The first-order valence-electron chi connectivity index (χ1n) is 11.6. The number of hydrogen-bond acceptors (Lipinski definition) is 2. The van der Waals surface area contributed by atoms with Crippen LogP contribution >= 0.6 is 0 Å². The standard InChI is InChI=1S/C29H35NO2/c1-19(2)26(18-22-12-8-7-9-13-22)28(31)25-17-16-23-14-10-11-15-24(23)27(25)29(32)30(20(3)4)21(5)6/h7-17,19-21,26H,18H2,1-6H3/t26-/m0/s1. The third kappa shape index (κ3) is 4.93. The molecule has 0 heterocycles. The lowest BCUT2D eigenvalue weighted by atomic mass is 9.81. The molecule has 0 saturated heterocycles. The van der Waals surface area contributed by atoms with Crippen molar-refractivity contribution in [3.63, 3.8) is 0 Å². The zero-order valence-electron chi connectivity index (χ0n) is 20.1. The Balaban J connectivity index is 2.15. The summed E-state index contributed by atoms with van der Waals surface area (Å²) < 4.78 is 0. The van der Waals surface area contributed by atoms with E-state index >= 15 is 0 Å². The van der Waals surface area contributed by atoms with Crippen LogP contribution in [0.5, 0.6) is 0 Å². The van der Waals surface area contributed by atoms with Crippen molar-refractivity contribution in [3.05, 3.63) is 83.4 Å². The summed E-state index contributed by atoms with van der Waals surface area (Å²) in [5.41, 5.74) is 2.21. The van der Waals surface area contributed by atoms with Crippen molar-refractivity contribution >= 4 is 22.5 Å². The maximum absolute atomic E-state index is 14.0. The van der Waals surface area contributed by atoms with Gasteiger partial charge in [-0.15, -0.1) is 0 Å². The van der Waals surface area contributed by atoms with Crippen LogP contribution in [0.15, 0.2) is 66.7 Å². The highest BCUT2D eigenvalue weighted by Gasteiger charge is 2.31. The first-order valence-corrected chi connectivity index (χ1v) is 11.6. The maximum Gasteiger partial charge on any atom is 0.255 e. The molecule has 1 atom stereocenters. The highest BCUT2D eigenvalue weighted by atomic mass is 16.2. The van der Waals surface area contributed by atoms with E-state index in [1.807, 2.05) is 87.2 Å². The van der Waals surface area contributed by atoms with Gasteiger partial charge < -0.3 is 4.90 Å². The van der Waals surface area contributed by atoms with Gasteiger partial charge >= 0.3 is 0 Å². The first kappa shape index (κ1) is 23.7. The van der Waals surface area contributed by atoms with Crippen LogP contribution in [0.2, 0.25) is 0 Å². The van der Waals surface area contributed by atoms with Gasteiger partial charge in [-0.1, -0.05) is 74.5 Å². The number of rotatable bonds is 8. The van der Waals surface area contributed by atoms with Crippen molar-refractivity contribution in [2.45, 2.75) is 60.0 Å². The molecule has 0 aliphatic carbocycles. The van der Waals surface area contributed by atoms with Gasteiger partial charge in [-0.3, -0.25) is 9.59 Å². The van der Waals surface area contributed by atoms with E-state index in [2.05, 4.69) is 26.0 Å². The lowest BCUT2D eigenvalue weighted by Gasteiger charge is -2.32. The molecule has 0 saturated carbocycles. The molecular weight excluding hydrogens is 394 g/mol. The lowest BCUT2D eigenvalue weighted by molar-refractivity contribution is 0.0639. The molecule has 168 valence electrons. The third-order valence-electron chi connectivity index (χ3n) is 6.20. The van der Waals surface area contributed by atoms with Crippen LogP contribution in [0, 0.1) is 11.8 Å². The van der Waals surface area contributed by atoms with Crippen LogP contribution in [0.25, 0.3) is 10.8 Å². The summed E-state index contributed by atoms with van der Waals surface area (Å²) in [6.45, 7) is 12.3. The Morgan fingerprint density at radius 1 is 0.750 bits per heavy atom. The average molecular weight is 430 g/mol. The van der Waals surface area contributed by atoms with E-state index in [0.29, 0.717) is 17.5 Å². The zero-order valence-corrected chi connectivity index (χ0v) is 20.1. The molecule has 3 aromatic carbocycles. The predicted octanol–water partition coefficient (Wildman–Crippen LogP) is 6.80. The molecule has 1 amide bonds. The molecule has 0 N–H and O–H groups in total. The number of fused-ring (bicyclic) bond motifs is 1. The minimum absolute atomic E-state index is 0.0367. The number of carbonyl (C=O) groups excluding carboxylic acids is 2. The maximum atomic E-state index is 14.0. The number of carbonyl (C=O) groups is 2. The summed E-state index contributed by atoms with van der Waals surface area (Å²) >= 11 is 0. The smallest absolute Gasteiger partial charge is 0.255 e. The summed E-state index contributed by atoms with van der Waals surface area (Å²) in [6.07, 6.45) is 0.663. The van der Waals surface area contributed by atoms with E-state index in [9.17, 15) is 9.59 Å². The van der Waals surface area contributed by atoms with Crippen LogP contribution in [0.1, 0.15) is 67.8 Å². The van der Waals surface area contributed by atoms with Crippen LogP contribution in [-0.2, 0) is 6.42 Å². The Bertz CT molecular complexity index is 1070. The third-order valence-corrected chi connectivity index (χ3v) is 6.20. The van der Waals surface area contributed by atoms with Crippen molar-refractivity contribution in [2.75, 3.05) is 0 Å². The van der Waals surface area contributed by atoms with Crippen LogP contribution in [0.3, 0.4) is 0 Å². The summed E-state index contributed by atoms with van der Waals surface area (Å²) in [5.74, 6) is -0.0668. The minimum Gasteiger partial charge on any atom is -0.334 e. The van der Waals surface area contributed by atoms with Crippen molar-refractivity contribution in [3.8, 4) is 0 Å². The summed E-state index contributed by atoms with van der Waals surface area (Å²) in [5, 5.41) is 1.82. The Hall–Kier alpha value is -2.94. The summed E-state index contributed by atoms with van der Waals surface area (Å²) in [6, 6.07) is 21.9. The molecule has 3 heteroatoms. The predicted molar refractivity (Wildman–Crippen MR) is 133 cm³/mol. The molecule has 3 nitrogen and oxygen atoms in total. The summed E-state index contributed by atoms with van der Waals surface area (Å²) in [4.78, 5) is 29.7. The largest absolute Gasteiger partial charge is 0.334 e. The van der Waals surface area contributed by atoms with E-state index in [4.69, 9.17) is 0 Å². The molecule has 32 heavy (non-hydrogen) atoms. The van der Waals surface area contributed by atoms with Gasteiger partial charge in [-0.2, -0.15) is 0 Å². The first-order chi connectivity index (χ1) is 15.2. The van der Waals surface area contributed by atoms with Crippen molar-refractivity contribution in [2.24, 2.45) is 11.8 Å². The number of amides is 1. The second-order valence-corrected chi connectivity index (χ2v) is 9.51. The fraction of sp³-hybridized carbons (Fsp3) is 0.379. The highest BCUT2D eigenvalue weighted by molar-refractivity contribution is 6.16. The molecule has 0 aliphatic heterocycles. The minimum atomic E-state index is -0.198. The van der Waals surface area contributed by atoms with E-state index in [1.165, 1.54) is 0 Å². The number of hydrogen-bond donors (Lipinski definition) is 0. The Morgan fingerprint density at radius 2 is 1.34 bits per heavy atom. The molecule has 0 aliphatic rings. The number of benzene rings is 3. The van der Waals surface area contributed by atoms with E-state index in [1.54, 1.807) is 0 Å². The molecule has 0 unspecified atom stereocenters. The molecular formula is C29H35NO2. The highest BCUT2D eigenvalue weighted by Crippen LogP contribution is 2.30. The topological polar surface area (TPSA) is 37.4 Å². The van der Waals surface area contributed by atoms with Gasteiger partial charge in [-0.05, 0) is 62.4 Å². The number of nitrogens with zero attached hydrogens (tertiary/aromatic N) is 1. The van der Waals surface area contributed by atoms with Gasteiger partial charge in [0.05, 0.1) is 5.56 Å². The molecule has 0 aromatic heterocycles. The van der Waals surface area contributed by atoms with Crippen LogP contribution in [0.4, 0.5) is 0 Å². The normalized spacial score (nSPS) is 12.5. The van der Waals surface area contributed by atoms with Crippen molar-refractivity contribution in [1.29, 1.82) is 0 Å². The van der Waals surface area contributed by atoms with Gasteiger partial charge in [0.2, 0.25) is 0 Å². The Labute approximate surface area is 192 Å². The zero-order chi connectivity index (χ0) is 23.4. The molecule has 3 rings (SSSR count). The van der Waals surface area contributed by atoms with E-state index in [-0.39, 0.29) is 35.6 Å². The van der Waals surface area contributed by atoms with E-state index < -0.39 is 0 Å². The van der Waals surface area contributed by atoms with E-state index in [0.717, 1.165) is 16.3 Å². The van der Waals surface area contributed by atoms with Gasteiger partial charge in [0.15, 0.2) is 5.78 Å². The molecule has 3 aromatic rings. The SMILES string of the molecule is CC(C)[C@H](Cc1ccccc1)C(=O)c1ccc2ccccc2c1C(=O)N(C(C)C)C(C)C. The fourth-order valence-electron chi connectivity index (χ4n) is 4.60. The Morgan fingerprint density at radius 3 is 1.94 bits per heavy atom. The molecule has 0 radical (unpaired) electrons. The van der Waals surface area contributed by atoms with Gasteiger partial charge in [0, 0.05) is 23.6 Å². The van der Waals surface area contributed by atoms with Gasteiger partial charge in [-0.25, -0.2) is 0 Å². The van der Waals surface area contributed by atoms with Crippen LogP contribution < -0.4 is 0 Å². The van der Waals surface area contributed by atoms with Crippen molar-refractivity contribution < 1.29 is 9.59 Å². The quantitative estimate of drug-likeness (QED) is 0.369. The molecule has 0 bridgehead atoms. The second-order valence-electron chi connectivity index (χ2n) is 9.51. The Kier molecular flexibility index (Phi) is 7.50. The van der Waals surface area contributed by atoms with Crippen molar-refractivity contribution in [1.82, 2.24) is 4.90 Å². The second kappa shape index (κ2) is 10.1. The lowest BCUT2D eigenvalue weighted by Crippen LogP contribution is -2.43. The van der Waals surface area contributed by atoms with Gasteiger partial charge in [0.25, 0.3) is 5.91 Å². The average Bonchev–Trinajstić information content (AvgIpc) is 2.76. The molecule has 0 spiro atoms. The summed E-state index contributed by atoms with van der Waals surface area (Å²) in [7, 11) is 0. The van der Waals surface area contributed by atoms with Crippen LogP contribution in [-0.4, -0.2) is 28.7 Å². The fourth-order valence-corrected chi connectivity index (χ4v) is 4.60.